The zero-order chi connectivity index (χ0) is 42.1. The molecule has 0 unspecified atom stereocenters. The third-order valence-electron chi connectivity index (χ3n) is 10.4. The van der Waals surface area contributed by atoms with E-state index in [2.05, 4.69) is 36.3 Å². The van der Waals surface area contributed by atoms with E-state index in [4.69, 9.17) is 14.5 Å². The van der Waals surface area contributed by atoms with Crippen molar-refractivity contribution in [2.45, 2.75) is 64.7 Å². The number of nitrogens with zero attached hydrogens (tertiary/aromatic N) is 5. The van der Waals surface area contributed by atoms with Crippen LogP contribution in [0.1, 0.15) is 66.4 Å². The Kier molecular flexibility index (Phi) is 13.6. The second kappa shape index (κ2) is 19.1. The average molecular weight is 807 g/mol. The van der Waals surface area contributed by atoms with Crippen molar-refractivity contribution in [3.05, 3.63) is 102 Å². The van der Waals surface area contributed by atoms with Gasteiger partial charge in [0.2, 0.25) is 23.6 Å². The fraction of sp³-hybridized carbons (Fsp3) is 0.381. The highest BCUT2D eigenvalue weighted by Crippen LogP contribution is 2.28. The van der Waals surface area contributed by atoms with E-state index < -0.39 is 54.2 Å². The van der Waals surface area contributed by atoms with Crippen LogP contribution in [-0.2, 0) is 38.6 Å². The molecule has 3 aromatic heterocycles. The van der Waals surface area contributed by atoms with Gasteiger partial charge in [0, 0.05) is 55.4 Å². The monoisotopic (exact) mass is 806 g/mol. The predicted octanol–water partition coefficient (Wildman–Crippen LogP) is 2.47. The molecule has 310 valence electrons. The number of nitrogens with one attached hydrogen (secondary N) is 5. The fourth-order valence-electron chi connectivity index (χ4n) is 7.00. The first-order valence-electron chi connectivity index (χ1n) is 19.5. The highest BCUT2D eigenvalue weighted by Gasteiger charge is 2.33. The number of benzene rings is 2. The summed E-state index contributed by atoms with van der Waals surface area (Å²) in [5.41, 5.74) is 2.69. The molecule has 4 atom stereocenters. The van der Waals surface area contributed by atoms with Crippen LogP contribution in [0.2, 0.25) is 0 Å². The van der Waals surface area contributed by atoms with Gasteiger partial charge in [-0.2, -0.15) is 5.10 Å². The summed E-state index contributed by atoms with van der Waals surface area (Å²) in [6.45, 7) is 4.75. The number of aromatic nitrogens is 5. The lowest BCUT2D eigenvalue weighted by Crippen LogP contribution is -2.57. The van der Waals surface area contributed by atoms with Gasteiger partial charge in [0.15, 0.2) is 17.3 Å². The standard InChI is InChI=1S/C42H50N10O7/c1-6-25(2)38-41(56)46-26(3)39-48-35(19-27-13-14-33(58-4)34(18-27)59-5)50-52(39)24-36(53)44-16-17-51(42(57)28-10-9-15-43-21-28)23-37(54)47-32(40(55)49-38)20-29-22-45-31-12-8-7-11-30(29)31/h7-15,18,21-22,25-26,32,38,45H,6,16-17,19-20,23-24H2,1-5H3,(H,44,53)(H,46,56)(H,47,54)(H,49,55)/t25-,26+,32+,38-/m0/s1. The van der Waals surface area contributed by atoms with Crippen molar-refractivity contribution in [2.24, 2.45) is 5.92 Å². The van der Waals surface area contributed by atoms with Gasteiger partial charge in [-0.3, -0.25) is 29.0 Å². The van der Waals surface area contributed by atoms with Gasteiger partial charge in [0.25, 0.3) is 5.91 Å². The topological polar surface area (TPSA) is 215 Å². The van der Waals surface area contributed by atoms with Gasteiger partial charge in [-0.05, 0) is 54.3 Å². The summed E-state index contributed by atoms with van der Waals surface area (Å²) in [5, 5.41) is 17.1. The number of amides is 5. The quantitative estimate of drug-likeness (QED) is 0.147. The number of rotatable bonds is 9. The SMILES string of the molecule is CC[C@H](C)[C@@H]1NC(=O)[C@@H](Cc2c[nH]c3ccccc23)NC(=O)CN(C(=O)c2cccnc2)CCNC(=O)Cn2nc(Cc3ccc(OC)c(OC)c3)nc2[C@@H](C)NC1=O. The first kappa shape index (κ1) is 41.8. The molecule has 0 bridgehead atoms. The molecule has 5 aromatic rings. The summed E-state index contributed by atoms with van der Waals surface area (Å²) >= 11 is 0. The molecule has 4 heterocycles. The molecule has 0 radical (unpaired) electrons. The molecule has 1 aliphatic heterocycles. The van der Waals surface area contributed by atoms with Crippen LogP contribution in [0.15, 0.2) is 73.2 Å². The maximum atomic E-state index is 14.3. The number of para-hydroxylation sites is 1. The van der Waals surface area contributed by atoms with E-state index in [9.17, 15) is 24.0 Å². The van der Waals surface area contributed by atoms with Crippen LogP contribution in [0.5, 0.6) is 11.5 Å². The minimum Gasteiger partial charge on any atom is -0.493 e. The maximum Gasteiger partial charge on any atom is 0.255 e. The largest absolute Gasteiger partial charge is 0.493 e. The van der Waals surface area contributed by atoms with Crippen molar-refractivity contribution in [3.8, 4) is 11.5 Å². The van der Waals surface area contributed by atoms with Crippen molar-refractivity contribution in [2.75, 3.05) is 33.9 Å². The fourth-order valence-corrected chi connectivity index (χ4v) is 7.00. The molecule has 5 N–H and O–H groups in total. The number of pyridine rings is 1. The third kappa shape index (κ3) is 10.2. The molecule has 0 spiro atoms. The lowest BCUT2D eigenvalue weighted by atomic mass is 9.96. The van der Waals surface area contributed by atoms with E-state index in [0.717, 1.165) is 22.0 Å². The molecule has 17 heteroatoms. The molecular weight excluding hydrogens is 757 g/mol. The van der Waals surface area contributed by atoms with Crippen molar-refractivity contribution >= 4 is 40.4 Å². The van der Waals surface area contributed by atoms with Gasteiger partial charge in [0.1, 0.15) is 24.5 Å². The molecule has 2 aromatic carbocycles. The van der Waals surface area contributed by atoms with Crippen LogP contribution in [-0.4, -0.2) is 105 Å². The molecule has 5 amide bonds. The van der Waals surface area contributed by atoms with Gasteiger partial charge < -0.3 is 40.6 Å². The number of H-pyrrole nitrogens is 1. The summed E-state index contributed by atoms with van der Waals surface area (Å²) in [7, 11) is 3.09. The first-order chi connectivity index (χ1) is 28.5. The number of fused-ring (bicyclic) bond motifs is 2. The van der Waals surface area contributed by atoms with Crippen LogP contribution >= 0.6 is 0 Å². The minimum absolute atomic E-state index is 0.0111. The van der Waals surface area contributed by atoms with E-state index in [1.54, 1.807) is 45.5 Å². The highest BCUT2D eigenvalue weighted by molar-refractivity contribution is 5.98. The van der Waals surface area contributed by atoms with Gasteiger partial charge in [0.05, 0.1) is 32.4 Å². The highest BCUT2D eigenvalue weighted by atomic mass is 16.5. The Morgan fingerprint density at radius 1 is 0.932 bits per heavy atom. The van der Waals surface area contributed by atoms with Crippen LogP contribution < -0.4 is 30.7 Å². The van der Waals surface area contributed by atoms with Gasteiger partial charge in [-0.25, -0.2) is 9.67 Å². The van der Waals surface area contributed by atoms with Crippen molar-refractivity contribution in [3.63, 3.8) is 0 Å². The Labute approximate surface area is 341 Å². The minimum atomic E-state index is -1.13. The molecule has 59 heavy (non-hydrogen) atoms. The lowest BCUT2D eigenvalue weighted by Gasteiger charge is -2.28. The average Bonchev–Trinajstić information content (AvgIpc) is 3.84. The van der Waals surface area contributed by atoms with Gasteiger partial charge in [-0.1, -0.05) is 44.5 Å². The van der Waals surface area contributed by atoms with Crippen LogP contribution in [0.3, 0.4) is 0 Å². The molecular formula is C42H50N10O7. The second-order valence-corrected chi connectivity index (χ2v) is 14.5. The number of aromatic amines is 1. The van der Waals surface area contributed by atoms with E-state index in [1.807, 2.05) is 50.2 Å². The second-order valence-electron chi connectivity index (χ2n) is 14.5. The summed E-state index contributed by atoms with van der Waals surface area (Å²) < 4.78 is 12.3. The molecule has 17 nitrogen and oxygen atoms in total. The van der Waals surface area contributed by atoms with Gasteiger partial charge in [-0.15, -0.1) is 0 Å². The number of hydrogen-bond donors (Lipinski definition) is 5. The molecule has 0 saturated carbocycles. The van der Waals surface area contributed by atoms with E-state index in [-0.39, 0.29) is 44.0 Å². The third-order valence-corrected chi connectivity index (χ3v) is 10.4. The van der Waals surface area contributed by atoms with E-state index in [0.29, 0.717) is 29.6 Å². The van der Waals surface area contributed by atoms with Crippen LogP contribution in [0, 0.1) is 5.92 Å². The van der Waals surface area contributed by atoms with Crippen molar-refractivity contribution < 1.29 is 33.4 Å². The van der Waals surface area contributed by atoms with Crippen LogP contribution in [0.4, 0.5) is 0 Å². The van der Waals surface area contributed by atoms with Crippen molar-refractivity contribution in [1.82, 2.24) is 50.9 Å². The van der Waals surface area contributed by atoms with E-state index in [1.165, 1.54) is 22.0 Å². The number of hydrogen-bond acceptors (Lipinski definition) is 10. The molecule has 0 aliphatic carbocycles. The van der Waals surface area contributed by atoms with Crippen LogP contribution in [0.25, 0.3) is 10.9 Å². The Bertz CT molecular complexity index is 2290. The molecule has 1 aliphatic rings. The summed E-state index contributed by atoms with van der Waals surface area (Å²) in [6, 6.07) is 13.3. The lowest BCUT2D eigenvalue weighted by molar-refractivity contribution is -0.133. The Morgan fingerprint density at radius 3 is 2.47 bits per heavy atom. The number of methoxy groups -OCH3 is 2. The summed E-state index contributed by atoms with van der Waals surface area (Å²) in [5.74, 6) is -1.11. The number of carbonyl (C=O) groups excluding carboxylic acids is 5. The maximum absolute atomic E-state index is 14.3. The van der Waals surface area contributed by atoms with Crippen molar-refractivity contribution in [1.29, 1.82) is 0 Å². The Balaban J connectivity index is 1.34. The zero-order valence-electron chi connectivity index (χ0n) is 33.8. The smallest absolute Gasteiger partial charge is 0.255 e. The molecule has 0 fully saturated rings. The first-order valence-corrected chi connectivity index (χ1v) is 19.5. The zero-order valence-corrected chi connectivity index (χ0v) is 33.8. The number of carbonyl (C=O) groups is 5. The number of ether oxygens (including phenoxy) is 2. The molecule has 0 saturated heterocycles. The molecule has 6 rings (SSSR count). The summed E-state index contributed by atoms with van der Waals surface area (Å²) in [6.07, 6.45) is 5.62. The normalized spacial score (nSPS) is 19.0. The summed E-state index contributed by atoms with van der Waals surface area (Å²) in [4.78, 5) is 82.9. The Hall–Kier alpha value is -6.78. The van der Waals surface area contributed by atoms with Gasteiger partial charge >= 0.3 is 0 Å². The predicted molar refractivity (Wildman–Crippen MR) is 217 cm³/mol. The van der Waals surface area contributed by atoms with E-state index >= 15 is 0 Å². The Morgan fingerprint density at radius 2 is 1.73 bits per heavy atom.